The van der Waals surface area contributed by atoms with Gasteiger partial charge in [-0.05, 0) is 41.8 Å². The highest BCUT2D eigenvalue weighted by Crippen LogP contribution is 2.34. The van der Waals surface area contributed by atoms with Crippen LogP contribution in [-0.4, -0.2) is 28.5 Å². The molecule has 1 atom stereocenters. The highest BCUT2D eigenvalue weighted by Gasteiger charge is 2.21. The molecule has 1 aliphatic rings. The molecule has 7 heteroatoms. The predicted molar refractivity (Wildman–Crippen MR) is 112 cm³/mol. The second kappa shape index (κ2) is 8.17. The van der Waals surface area contributed by atoms with Crippen molar-refractivity contribution in [2.75, 3.05) is 13.2 Å². The lowest BCUT2D eigenvalue weighted by molar-refractivity contribution is -0.117. The van der Waals surface area contributed by atoms with Crippen molar-refractivity contribution in [3.63, 3.8) is 0 Å². The number of imidazole rings is 1. The van der Waals surface area contributed by atoms with E-state index in [1.807, 2.05) is 47.0 Å². The maximum atomic E-state index is 12.6. The number of amides is 1. The topological polar surface area (TPSA) is 64.9 Å². The van der Waals surface area contributed by atoms with Crippen LogP contribution in [0.2, 0.25) is 5.15 Å². The summed E-state index contributed by atoms with van der Waals surface area (Å²) in [5, 5.41) is 3.43. The highest BCUT2D eigenvalue weighted by atomic mass is 35.5. The number of nitrogens with zero attached hydrogens (tertiary/aromatic N) is 2. The summed E-state index contributed by atoms with van der Waals surface area (Å²) < 4.78 is 13.1. The summed E-state index contributed by atoms with van der Waals surface area (Å²) >= 11 is 6.23. The van der Waals surface area contributed by atoms with Gasteiger partial charge in [0.1, 0.15) is 18.9 Å². The van der Waals surface area contributed by atoms with Gasteiger partial charge in [0.05, 0.1) is 11.7 Å². The molecule has 1 unspecified atom stereocenters. The molecule has 0 radical (unpaired) electrons. The Morgan fingerprint density at radius 2 is 2.00 bits per heavy atom. The number of rotatable bonds is 5. The Morgan fingerprint density at radius 1 is 1.21 bits per heavy atom. The Morgan fingerprint density at radius 3 is 2.79 bits per heavy atom. The first kappa shape index (κ1) is 19.3. The van der Waals surface area contributed by atoms with E-state index in [2.05, 4.69) is 24.1 Å². The van der Waals surface area contributed by atoms with E-state index in [0.29, 0.717) is 29.8 Å². The summed E-state index contributed by atoms with van der Waals surface area (Å²) in [6.45, 7) is 5.20. The van der Waals surface area contributed by atoms with Gasteiger partial charge in [0.2, 0.25) is 5.91 Å². The molecule has 0 fully saturated rings. The van der Waals surface area contributed by atoms with E-state index in [-0.39, 0.29) is 17.9 Å². The number of pyridine rings is 1. The molecule has 150 valence electrons. The molecule has 2 aromatic heterocycles. The Bertz CT molecular complexity index is 1070. The zero-order valence-electron chi connectivity index (χ0n) is 16.3. The second-order valence-electron chi connectivity index (χ2n) is 7.18. The number of carbonyl (C=O) groups excluding carboxylic acids is 1. The van der Waals surface area contributed by atoms with Gasteiger partial charge in [0, 0.05) is 12.3 Å². The second-order valence-corrected chi connectivity index (χ2v) is 7.54. The minimum Gasteiger partial charge on any atom is -0.486 e. The molecule has 29 heavy (non-hydrogen) atoms. The molecule has 1 aliphatic heterocycles. The number of fused-ring (bicyclic) bond motifs is 2. The molecule has 0 spiro atoms. The molecular formula is C22H22ClN3O3. The van der Waals surface area contributed by atoms with E-state index in [0.717, 1.165) is 17.0 Å². The number of hydrogen-bond acceptors (Lipinski definition) is 4. The van der Waals surface area contributed by atoms with Gasteiger partial charge in [0.25, 0.3) is 0 Å². The predicted octanol–water partition coefficient (Wildman–Crippen LogP) is 4.29. The summed E-state index contributed by atoms with van der Waals surface area (Å²) in [7, 11) is 0. The van der Waals surface area contributed by atoms with Crippen molar-refractivity contribution < 1.29 is 14.3 Å². The summed E-state index contributed by atoms with van der Waals surface area (Å²) in [4.78, 5) is 16.9. The van der Waals surface area contributed by atoms with Gasteiger partial charge < -0.3 is 14.8 Å². The van der Waals surface area contributed by atoms with Crippen molar-refractivity contribution in [3.05, 3.63) is 65.1 Å². The third-order valence-corrected chi connectivity index (χ3v) is 5.08. The Balaban J connectivity index is 1.53. The summed E-state index contributed by atoms with van der Waals surface area (Å²) in [6.07, 6.45) is 5.02. The average molecular weight is 412 g/mol. The standard InChI is InChI=1S/C22H22ClN3O3/c1-14(2)21(15-6-8-17-18(13-15)29-12-11-28-17)25-20(27)9-7-16-22(23)24-19-5-3-4-10-26(16)19/h3-10,13-14,21H,11-12H2,1-2H3,(H,25,27)/b9-7+. The fraction of sp³-hybridized carbons (Fsp3) is 0.273. The van der Waals surface area contributed by atoms with E-state index >= 15 is 0 Å². The number of aromatic nitrogens is 2. The molecule has 1 amide bonds. The van der Waals surface area contributed by atoms with Gasteiger partial charge in [0.15, 0.2) is 16.7 Å². The van der Waals surface area contributed by atoms with E-state index in [1.165, 1.54) is 6.08 Å². The number of carbonyl (C=O) groups is 1. The molecule has 6 nitrogen and oxygen atoms in total. The van der Waals surface area contributed by atoms with Crippen molar-refractivity contribution in [2.24, 2.45) is 5.92 Å². The highest BCUT2D eigenvalue weighted by molar-refractivity contribution is 6.31. The van der Waals surface area contributed by atoms with Gasteiger partial charge >= 0.3 is 0 Å². The maximum absolute atomic E-state index is 12.6. The van der Waals surface area contributed by atoms with Crippen molar-refractivity contribution in [3.8, 4) is 11.5 Å². The van der Waals surface area contributed by atoms with E-state index < -0.39 is 0 Å². The van der Waals surface area contributed by atoms with Gasteiger partial charge in [-0.2, -0.15) is 0 Å². The lowest BCUT2D eigenvalue weighted by atomic mass is 9.95. The lowest BCUT2D eigenvalue weighted by Gasteiger charge is -2.25. The van der Waals surface area contributed by atoms with Crippen LogP contribution in [0.25, 0.3) is 11.7 Å². The van der Waals surface area contributed by atoms with Gasteiger partial charge in [-0.15, -0.1) is 0 Å². The molecular weight excluding hydrogens is 390 g/mol. The molecule has 1 aromatic carbocycles. The van der Waals surface area contributed by atoms with Crippen LogP contribution in [0.4, 0.5) is 0 Å². The lowest BCUT2D eigenvalue weighted by Crippen LogP contribution is -2.30. The van der Waals surface area contributed by atoms with Crippen molar-refractivity contribution >= 4 is 29.2 Å². The van der Waals surface area contributed by atoms with Crippen LogP contribution in [0.15, 0.2) is 48.7 Å². The number of hydrogen-bond donors (Lipinski definition) is 1. The Labute approximate surface area is 174 Å². The molecule has 0 saturated heterocycles. The quantitative estimate of drug-likeness (QED) is 0.636. The molecule has 3 heterocycles. The summed E-state index contributed by atoms with van der Waals surface area (Å²) in [5.74, 6) is 1.42. The number of ether oxygens (including phenoxy) is 2. The molecule has 0 aliphatic carbocycles. The molecule has 1 N–H and O–H groups in total. The van der Waals surface area contributed by atoms with Crippen molar-refractivity contribution in [1.82, 2.24) is 14.7 Å². The van der Waals surface area contributed by atoms with E-state index in [9.17, 15) is 4.79 Å². The molecule has 0 bridgehead atoms. The SMILES string of the molecule is CC(C)C(NC(=O)/C=C/c1c(Cl)nc2ccccn12)c1ccc2c(c1)OCCO2. The Hall–Kier alpha value is -2.99. The number of halogens is 1. The number of nitrogens with one attached hydrogen (secondary N) is 1. The minimum absolute atomic E-state index is 0.166. The summed E-state index contributed by atoms with van der Waals surface area (Å²) in [5.41, 5.74) is 2.37. The number of benzene rings is 1. The molecule has 3 aromatic rings. The van der Waals surface area contributed by atoms with Crippen LogP contribution >= 0.6 is 11.6 Å². The molecule has 4 rings (SSSR count). The van der Waals surface area contributed by atoms with Crippen LogP contribution < -0.4 is 14.8 Å². The Kier molecular flexibility index (Phi) is 5.45. The van der Waals surface area contributed by atoms with Gasteiger partial charge in [-0.3, -0.25) is 9.20 Å². The van der Waals surface area contributed by atoms with Crippen molar-refractivity contribution in [2.45, 2.75) is 19.9 Å². The van der Waals surface area contributed by atoms with Crippen LogP contribution in [0.1, 0.15) is 31.1 Å². The first-order valence-electron chi connectivity index (χ1n) is 9.53. The fourth-order valence-corrected chi connectivity index (χ4v) is 3.62. The first-order valence-corrected chi connectivity index (χ1v) is 9.91. The van der Waals surface area contributed by atoms with Crippen LogP contribution in [0.5, 0.6) is 11.5 Å². The smallest absolute Gasteiger partial charge is 0.244 e. The van der Waals surface area contributed by atoms with E-state index in [1.54, 1.807) is 6.08 Å². The first-order chi connectivity index (χ1) is 14.0. The third kappa shape index (κ3) is 4.07. The average Bonchev–Trinajstić information content (AvgIpc) is 3.05. The zero-order valence-corrected chi connectivity index (χ0v) is 17.0. The monoisotopic (exact) mass is 411 g/mol. The van der Waals surface area contributed by atoms with Gasteiger partial charge in [-0.25, -0.2) is 4.98 Å². The van der Waals surface area contributed by atoms with Crippen molar-refractivity contribution in [1.29, 1.82) is 0 Å². The normalized spacial score (nSPS) is 14.5. The van der Waals surface area contributed by atoms with Crippen LogP contribution in [-0.2, 0) is 4.79 Å². The maximum Gasteiger partial charge on any atom is 0.244 e. The zero-order chi connectivity index (χ0) is 20.4. The third-order valence-electron chi connectivity index (χ3n) is 4.80. The van der Waals surface area contributed by atoms with Crippen LogP contribution in [0.3, 0.4) is 0 Å². The minimum atomic E-state index is -0.208. The molecule has 0 saturated carbocycles. The largest absolute Gasteiger partial charge is 0.486 e. The van der Waals surface area contributed by atoms with E-state index in [4.69, 9.17) is 21.1 Å². The van der Waals surface area contributed by atoms with Crippen LogP contribution in [0, 0.1) is 5.92 Å². The fourth-order valence-electron chi connectivity index (χ4n) is 3.38. The summed E-state index contributed by atoms with van der Waals surface area (Å²) in [6, 6.07) is 11.3. The van der Waals surface area contributed by atoms with Gasteiger partial charge in [-0.1, -0.05) is 37.6 Å².